The first kappa shape index (κ1) is 28.3. The van der Waals surface area contributed by atoms with Crippen molar-refractivity contribution in [3.05, 3.63) is 108 Å². The van der Waals surface area contributed by atoms with Crippen molar-refractivity contribution >= 4 is 22.6 Å². The zero-order valence-electron chi connectivity index (χ0n) is 23.9. The average Bonchev–Trinajstić information content (AvgIpc) is 3.80. The molecule has 2 N–H and O–H groups in total. The molecule has 0 amide bonds. The van der Waals surface area contributed by atoms with Crippen LogP contribution in [-0.4, -0.2) is 29.5 Å². The SMILES string of the molecule is C=C/C(=C\C(=C/C)c1ccc2c(c1)=C(C(=C)Nc1cnccc1NC(=C)C1CC1)N=2)CN1CCCCC1.CC. The van der Waals surface area contributed by atoms with Crippen LogP contribution in [0.3, 0.4) is 0 Å². The number of nitrogens with zero attached hydrogens (tertiary/aromatic N) is 3. The number of piperidine rings is 1. The number of hydrogen-bond acceptors (Lipinski definition) is 5. The van der Waals surface area contributed by atoms with E-state index in [2.05, 4.69) is 77.5 Å². The molecule has 1 saturated heterocycles. The lowest BCUT2D eigenvalue weighted by atomic mass is 9.99. The second-order valence-corrected chi connectivity index (χ2v) is 10.1. The van der Waals surface area contributed by atoms with Crippen molar-refractivity contribution in [1.82, 2.24) is 9.88 Å². The summed E-state index contributed by atoms with van der Waals surface area (Å²) in [5.74, 6) is 0.571. The van der Waals surface area contributed by atoms with Gasteiger partial charge in [0.25, 0.3) is 0 Å². The van der Waals surface area contributed by atoms with Crippen molar-refractivity contribution in [2.75, 3.05) is 30.3 Å². The fourth-order valence-electron chi connectivity index (χ4n) is 4.97. The summed E-state index contributed by atoms with van der Waals surface area (Å²) in [5.41, 5.74) is 8.13. The van der Waals surface area contributed by atoms with Gasteiger partial charge in [0.2, 0.25) is 0 Å². The zero-order chi connectivity index (χ0) is 27.8. The van der Waals surface area contributed by atoms with Gasteiger partial charge in [-0.15, -0.1) is 0 Å². The first-order valence-corrected chi connectivity index (χ1v) is 14.4. The summed E-state index contributed by atoms with van der Waals surface area (Å²) in [5, 5.41) is 8.99. The highest BCUT2D eigenvalue weighted by Gasteiger charge is 2.25. The minimum Gasteiger partial charge on any atom is -0.357 e. The van der Waals surface area contributed by atoms with Gasteiger partial charge >= 0.3 is 0 Å². The van der Waals surface area contributed by atoms with E-state index in [-0.39, 0.29) is 0 Å². The Morgan fingerprint density at radius 2 is 1.82 bits per heavy atom. The maximum absolute atomic E-state index is 4.73. The summed E-state index contributed by atoms with van der Waals surface area (Å²) < 4.78 is 0. The molecule has 5 nitrogen and oxygen atoms in total. The van der Waals surface area contributed by atoms with Crippen molar-refractivity contribution in [2.45, 2.75) is 52.9 Å². The zero-order valence-corrected chi connectivity index (χ0v) is 23.9. The molecule has 0 bridgehead atoms. The molecule has 1 aromatic carbocycles. The highest BCUT2D eigenvalue weighted by Crippen LogP contribution is 2.37. The number of pyridine rings is 1. The number of allylic oxidation sites excluding steroid dienone is 4. The van der Waals surface area contributed by atoms with Crippen molar-refractivity contribution in [2.24, 2.45) is 10.9 Å². The Morgan fingerprint density at radius 3 is 2.51 bits per heavy atom. The molecule has 0 unspecified atom stereocenters. The van der Waals surface area contributed by atoms with Crippen LogP contribution in [0.5, 0.6) is 0 Å². The minimum absolute atomic E-state index is 0.571. The van der Waals surface area contributed by atoms with E-state index in [0.717, 1.165) is 45.6 Å². The van der Waals surface area contributed by atoms with Crippen molar-refractivity contribution < 1.29 is 0 Å². The quantitative estimate of drug-likeness (QED) is 0.319. The molecular formula is C34H43N5. The van der Waals surface area contributed by atoms with Gasteiger partial charge in [0.15, 0.2) is 0 Å². The molecule has 2 aliphatic heterocycles. The van der Waals surface area contributed by atoms with Gasteiger partial charge in [-0.05, 0) is 86.5 Å². The van der Waals surface area contributed by atoms with Gasteiger partial charge in [0.1, 0.15) is 0 Å². The molecular weight excluding hydrogens is 478 g/mol. The Kier molecular flexibility index (Phi) is 9.72. The van der Waals surface area contributed by atoms with Crippen LogP contribution >= 0.6 is 0 Å². The fourth-order valence-corrected chi connectivity index (χ4v) is 4.97. The number of aromatic nitrogens is 1. The molecule has 5 rings (SSSR count). The third kappa shape index (κ3) is 7.04. The van der Waals surface area contributed by atoms with Gasteiger partial charge < -0.3 is 10.6 Å². The van der Waals surface area contributed by atoms with Crippen LogP contribution in [0, 0.1) is 5.92 Å². The van der Waals surface area contributed by atoms with Gasteiger partial charge in [-0.1, -0.05) is 64.3 Å². The molecule has 2 fully saturated rings. The van der Waals surface area contributed by atoms with E-state index in [1.165, 1.54) is 61.9 Å². The summed E-state index contributed by atoms with van der Waals surface area (Å²) in [7, 11) is 0. The van der Waals surface area contributed by atoms with E-state index in [1.54, 1.807) is 6.20 Å². The molecule has 0 atom stereocenters. The van der Waals surface area contributed by atoms with E-state index in [4.69, 9.17) is 4.99 Å². The lowest BCUT2D eigenvalue weighted by Crippen LogP contribution is -2.36. The molecule has 5 heteroatoms. The first-order valence-electron chi connectivity index (χ1n) is 14.4. The fraction of sp³-hybridized carbons (Fsp3) is 0.353. The van der Waals surface area contributed by atoms with Crippen LogP contribution in [0.4, 0.5) is 11.4 Å². The molecule has 0 radical (unpaired) electrons. The van der Waals surface area contributed by atoms with Crippen molar-refractivity contribution in [3.63, 3.8) is 0 Å². The number of likely N-dealkylation sites (tertiary alicyclic amines) is 1. The number of benzene rings is 1. The van der Waals surface area contributed by atoms with Crippen molar-refractivity contribution in [3.8, 4) is 0 Å². The molecule has 39 heavy (non-hydrogen) atoms. The van der Waals surface area contributed by atoms with Gasteiger partial charge in [0.05, 0.1) is 34.3 Å². The van der Waals surface area contributed by atoms with E-state index < -0.39 is 0 Å². The molecule has 1 aliphatic carbocycles. The van der Waals surface area contributed by atoms with Crippen LogP contribution in [0.15, 0.2) is 96.6 Å². The van der Waals surface area contributed by atoms with Crippen LogP contribution in [0.25, 0.3) is 11.3 Å². The second-order valence-electron chi connectivity index (χ2n) is 10.1. The number of hydrogen-bond donors (Lipinski definition) is 2. The Labute approximate surface area is 234 Å². The van der Waals surface area contributed by atoms with Crippen LogP contribution in [0.2, 0.25) is 0 Å². The smallest absolute Gasteiger partial charge is 0.0960 e. The summed E-state index contributed by atoms with van der Waals surface area (Å²) in [6, 6.07) is 8.42. The van der Waals surface area contributed by atoms with Gasteiger partial charge in [-0.2, -0.15) is 0 Å². The highest BCUT2D eigenvalue weighted by molar-refractivity contribution is 5.80. The van der Waals surface area contributed by atoms with Crippen LogP contribution < -0.4 is 21.2 Å². The average molecular weight is 522 g/mol. The third-order valence-electron chi connectivity index (χ3n) is 7.34. The largest absolute Gasteiger partial charge is 0.357 e. The molecule has 2 aromatic rings. The van der Waals surface area contributed by atoms with Crippen LogP contribution in [0.1, 0.15) is 58.4 Å². The van der Waals surface area contributed by atoms with E-state index in [1.807, 2.05) is 32.2 Å². The van der Waals surface area contributed by atoms with E-state index in [9.17, 15) is 0 Å². The third-order valence-corrected chi connectivity index (χ3v) is 7.34. The second kappa shape index (κ2) is 13.4. The Hall–Kier alpha value is -3.70. The standard InChI is InChI=1S/C32H37N5.C2H6/c1-5-24(21-37-16-8-7-9-17-37)18-25(6-2)27-12-13-29-28(19-27)32(36-29)23(4)35-31-20-33-15-14-30(31)34-22(3)26-10-11-26;1-2/h5-6,12-15,18-20,26,35H,1,3-4,7-11,16-17,21H2,2H3,(H,33,34);1-2H3/b24-18+,25-6+;. The molecule has 1 saturated carbocycles. The molecule has 204 valence electrons. The van der Waals surface area contributed by atoms with Gasteiger partial charge in [0, 0.05) is 23.7 Å². The predicted molar refractivity (Wildman–Crippen MR) is 167 cm³/mol. The number of rotatable bonds is 11. The Morgan fingerprint density at radius 1 is 1.05 bits per heavy atom. The number of nitrogens with one attached hydrogen (secondary N) is 2. The summed E-state index contributed by atoms with van der Waals surface area (Å²) in [6.45, 7) is 22.0. The summed E-state index contributed by atoms with van der Waals surface area (Å²) in [6.07, 6.45) is 16.4. The first-order chi connectivity index (χ1) is 19.1. The van der Waals surface area contributed by atoms with Gasteiger partial charge in [-0.3, -0.25) is 9.88 Å². The minimum atomic E-state index is 0.571. The highest BCUT2D eigenvalue weighted by atomic mass is 15.1. The van der Waals surface area contributed by atoms with Crippen LogP contribution in [-0.2, 0) is 0 Å². The Balaban J connectivity index is 0.00000172. The topological polar surface area (TPSA) is 52.6 Å². The lowest BCUT2D eigenvalue weighted by molar-refractivity contribution is 0.248. The monoisotopic (exact) mass is 521 g/mol. The summed E-state index contributed by atoms with van der Waals surface area (Å²) >= 11 is 0. The maximum atomic E-state index is 4.73. The molecule has 3 heterocycles. The molecule has 1 aromatic heterocycles. The number of fused-ring (bicyclic) bond motifs is 1. The van der Waals surface area contributed by atoms with E-state index in [0.29, 0.717) is 5.92 Å². The molecule has 3 aliphatic rings. The maximum Gasteiger partial charge on any atom is 0.0960 e. The van der Waals surface area contributed by atoms with Gasteiger partial charge in [-0.25, -0.2) is 4.99 Å². The lowest BCUT2D eigenvalue weighted by Gasteiger charge is -2.26. The normalized spacial score (nSPS) is 17.1. The predicted octanol–water partition coefficient (Wildman–Crippen LogP) is 6.81. The number of anilines is 2. The van der Waals surface area contributed by atoms with Crippen molar-refractivity contribution in [1.29, 1.82) is 0 Å². The van der Waals surface area contributed by atoms with E-state index >= 15 is 0 Å². The Bertz CT molecular complexity index is 1400. The molecule has 0 spiro atoms. The summed E-state index contributed by atoms with van der Waals surface area (Å²) in [4.78, 5) is 11.6.